The summed E-state index contributed by atoms with van der Waals surface area (Å²) in [6.07, 6.45) is 7.49. The fourth-order valence-electron chi connectivity index (χ4n) is 2.54. The van der Waals surface area contributed by atoms with Gasteiger partial charge in [-0.1, -0.05) is 0 Å². The summed E-state index contributed by atoms with van der Waals surface area (Å²) in [7, 11) is 0. The SMILES string of the molecule is c1cc(CNc2ccc(N3CCCCC3)cc2)co1. The van der Waals surface area contributed by atoms with Crippen molar-refractivity contribution in [2.45, 2.75) is 25.8 Å². The Morgan fingerprint density at radius 2 is 1.79 bits per heavy atom. The molecule has 19 heavy (non-hydrogen) atoms. The third-order valence-electron chi connectivity index (χ3n) is 3.67. The van der Waals surface area contributed by atoms with E-state index in [1.165, 1.54) is 43.6 Å². The molecule has 1 aliphatic heterocycles. The normalized spacial score (nSPS) is 15.5. The Labute approximate surface area is 114 Å². The van der Waals surface area contributed by atoms with Crippen molar-refractivity contribution in [2.24, 2.45) is 0 Å². The van der Waals surface area contributed by atoms with Crippen molar-refractivity contribution >= 4 is 11.4 Å². The van der Waals surface area contributed by atoms with Gasteiger partial charge in [-0.25, -0.2) is 0 Å². The van der Waals surface area contributed by atoms with Crippen LogP contribution in [0.4, 0.5) is 11.4 Å². The van der Waals surface area contributed by atoms with E-state index in [0.29, 0.717) is 0 Å². The number of anilines is 2. The highest BCUT2D eigenvalue weighted by atomic mass is 16.3. The number of hydrogen-bond acceptors (Lipinski definition) is 3. The molecule has 1 saturated heterocycles. The molecule has 0 atom stereocenters. The van der Waals surface area contributed by atoms with Gasteiger partial charge in [0.05, 0.1) is 12.5 Å². The van der Waals surface area contributed by atoms with Gasteiger partial charge < -0.3 is 14.6 Å². The molecule has 0 spiro atoms. The molecule has 0 amide bonds. The van der Waals surface area contributed by atoms with Gasteiger partial charge >= 0.3 is 0 Å². The summed E-state index contributed by atoms with van der Waals surface area (Å²) in [5.74, 6) is 0. The molecule has 100 valence electrons. The molecule has 0 radical (unpaired) electrons. The smallest absolute Gasteiger partial charge is 0.0952 e. The molecule has 3 rings (SSSR count). The van der Waals surface area contributed by atoms with Crippen LogP contribution in [0.3, 0.4) is 0 Å². The number of piperidine rings is 1. The average Bonchev–Trinajstić information content (AvgIpc) is 3.00. The molecule has 1 aromatic carbocycles. The minimum Gasteiger partial charge on any atom is -0.472 e. The first kappa shape index (κ1) is 12.2. The maximum Gasteiger partial charge on any atom is 0.0952 e. The first-order valence-corrected chi connectivity index (χ1v) is 7.02. The van der Waals surface area contributed by atoms with Crippen LogP contribution in [0.25, 0.3) is 0 Å². The minimum absolute atomic E-state index is 0.805. The predicted molar refractivity (Wildman–Crippen MR) is 78.5 cm³/mol. The van der Waals surface area contributed by atoms with Crippen molar-refractivity contribution < 1.29 is 4.42 Å². The third-order valence-corrected chi connectivity index (χ3v) is 3.67. The van der Waals surface area contributed by atoms with Crippen LogP contribution in [-0.2, 0) is 6.54 Å². The zero-order valence-corrected chi connectivity index (χ0v) is 11.1. The van der Waals surface area contributed by atoms with Crippen molar-refractivity contribution in [1.29, 1.82) is 0 Å². The predicted octanol–water partition coefficient (Wildman–Crippen LogP) is 3.88. The molecule has 1 N–H and O–H groups in total. The first-order valence-electron chi connectivity index (χ1n) is 7.02. The van der Waals surface area contributed by atoms with E-state index in [4.69, 9.17) is 4.42 Å². The van der Waals surface area contributed by atoms with Gasteiger partial charge in [0.2, 0.25) is 0 Å². The Bertz CT molecular complexity index is 484. The zero-order chi connectivity index (χ0) is 12.9. The zero-order valence-electron chi connectivity index (χ0n) is 11.1. The van der Waals surface area contributed by atoms with Crippen LogP contribution in [0.2, 0.25) is 0 Å². The topological polar surface area (TPSA) is 28.4 Å². The highest BCUT2D eigenvalue weighted by Crippen LogP contribution is 2.22. The summed E-state index contributed by atoms with van der Waals surface area (Å²) >= 11 is 0. The van der Waals surface area contributed by atoms with E-state index in [1.807, 2.05) is 6.07 Å². The lowest BCUT2D eigenvalue weighted by Gasteiger charge is -2.28. The second-order valence-electron chi connectivity index (χ2n) is 5.08. The summed E-state index contributed by atoms with van der Waals surface area (Å²) in [4.78, 5) is 2.48. The Kier molecular flexibility index (Phi) is 3.73. The Morgan fingerprint density at radius 1 is 1.00 bits per heavy atom. The summed E-state index contributed by atoms with van der Waals surface area (Å²) < 4.78 is 5.05. The molecule has 1 fully saturated rings. The molecule has 1 aromatic heterocycles. The standard InChI is InChI=1S/C16H20N2O/c1-2-9-18(10-3-1)16-6-4-15(5-7-16)17-12-14-8-11-19-13-14/h4-8,11,13,17H,1-3,9-10,12H2. The van der Waals surface area contributed by atoms with Crippen molar-refractivity contribution in [3.05, 3.63) is 48.4 Å². The Balaban J connectivity index is 1.58. The molecule has 0 aliphatic carbocycles. The molecule has 2 aromatic rings. The molecule has 2 heterocycles. The molecule has 0 bridgehead atoms. The van der Waals surface area contributed by atoms with Gasteiger partial charge in [-0.05, 0) is 49.6 Å². The second-order valence-corrected chi connectivity index (χ2v) is 5.08. The lowest BCUT2D eigenvalue weighted by Crippen LogP contribution is -2.29. The lowest BCUT2D eigenvalue weighted by atomic mass is 10.1. The van der Waals surface area contributed by atoms with Gasteiger partial charge in [0.25, 0.3) is 0 Å². The van der Waals surface area contributed by atoms with E-state index < -0.39 is 0 Å². The van der Waals surface area contributed by atoms with Gasteiger partial charge in [-0.15, -0.1) is 0 Å². The van der Waals surface area contributed by atoms with Gasteiger partial charge in [0, 0.05) is 36.6 Å². The highest BCUT2D eigenvalue weighted by Gasteiger charge is 2.10. The quantitative estimate of drug-likeness (QED) is 0.899. The molecule has 0 saturated carbocycles. The van der Waals surface area contributed by atoms with Gasteiger partial charge in [-0.3, -0.25) is 0 Å². The summed E-state index contributed by atoms with van der Waals surface area (Å²) in [6, 6.07) is 10.7. The number of nitrogens with one attached hydrogen (secondary N) is 1. The summed E-state index contributed by atoms with van der Waals surface area (Å²) in [6.45, 7) is 3.20. The second kappa shape index (κ2) is 5.83. The van der Waals surface area contributed by atoms with Crippen molar-refractivity contribution in [3.63, 3.8) is 0 Å². The number of furan rings is 1. The van der Waals surface area contributed by atoms with Gasteiger partial charge in [-0.2, -0.15) is 0 Å². The maximum atomic E-state index is 5.05. The molecule has 0 unspecified atom stereocenters. The van der Waals surface area contributed by atoms with Crippen LogP contribution in [-0.4, -0.2) is 13.1 Å². The van der Waals surface area contributed by atoms with Crippen LogP contribution < -0.4 is 10.2 Å². The van der Waals surface area contributed by atoms with Crippen LogP contribution in [0.15, 0.2) is 47.3 Å². The van der Waals surface area contributed by atoms with E-state index in [-0.39, 0.29) is 0 Å². The van der Waals surface area contributed by atoms with E-state index in [9.17, 15) is 0 Å². The van der Waals surface area contributed by atoms with E-state index >= 15 is 0 Å². The monoisotopic (exact) mass is 256 g/mol. The molecular weight excluding hydrogens is 236 g/mol. The fraction of sp³-hybridized carbons (Fsp3) is 0.375. The van der Waals surface area contributed by atoms with Gasteiger partial charge in [0.1, 0.15) is 0 Å². The van der Waals surface area contributed by atoms with Gasteiger partial charge in [0.15, 0.2) is 0 Å². The first-order chi connectivity index (χ1) is 9.42. The summed E-state index contributed by atoms with van der Waals surface area (Å²) in [5, 5.41) is 3.40. The van der Waals surface area contributed by atoms with E-state index in [2.05, 4.69) is 34.5 Å². The van der Waals surface area contributed by atoms with Crippen LogP contribution in [0.1, 0.15) is 24.8 Å². The minimum atomic E-state index is 0.805. The number of rotatable bonds is 4. The average molecular weight is 256 g/mol. The van der Waals surface area contributed by atoms with E-state index in [1.54, 1.807) is 12.5 Å². The highest BCUT2D eigenvalue weighted by molar-refractivity contribution is 5.55. The third kappa shape index (κ3) is 3.11. The number of hydrogen-bond donors (Lipinski definition) is 1. The molecule has 1 aliphatic rings. The number of benzene rings is 1. The van der Waals surface area contributed by atoms with Crippen LogP contribution in [0, 0.1) is 0 Å². The molecule has 3 heteroatoms. The van der Waals surface area contributed by atoms with Crippen LogP contribution in [0.5, 0.6) is 0 Å². The van der Waals surface area contributed by atoms with Crippen molar-refractivity contribution in [1.82, 2.24) is 0 Å². The molecular formula is C16H20N2O. The number of nitrogens with zero attached hydrogens (tertiary/aromatic N) is 1. The van der Waals surface area contributed by atoms with Crippen molar-refractivity contribution in [3.8, 4) is 0 Å². The Morgan fingerprint density at radius 3 is 2.47 bits per heavy atom. The van der Waals surface area contributed by atoms with Crippen molar-refractivity contribution in [2.75, 3.05) is 23.3 Å². The van der Waals surface area contributed by atoms with E-state index in [0.717, 1.165) is 12.2 Å². The largest absolute Gasteiger partial charge is 0.472 e. The summed E-state index contributed by atoms with van der Waals surface area (Å²) in [5.41, 5.74) is 3.66. The maximum absolute atomic E-state index is 5.05. The lowest BCUT2D eigenvalue weighted by molar-refractivity contribution is 0.564. The fourth-order valence-corrected chi connectivity index (χ4v) is 2.54. The van der Waals surface area contributed by atoms with Crippen LogP contribution >= 0.6 is 0 Å². The molecule has 3 nitrogen and oxygen atoms in total. The Hall–Kier alpha value is -1.90.